The van der Waals surface area contributed by atoms with Crippen molar-refractivity contribution in [2.24, 2.45) is 0 Å². The molecule has 0 aromatic carbocycles. The quantitative estimate of drug-likeness (QED) is 0.467. The zero-order valence-electron chi connectivity index (χ0n) is 11.6. The molecule has 0 bridgehead atoms. The third-order valence-electron chi connectivity index (χ3n) is 3.27. The number of thiol groups is 2. The minimum atomic E-state index is -1.33. The summed E-state index contributed by atoms with van der Waals surface area (Å²) >= 11 is 8.49. The van der Waals surface area contributed by atoms with E-state index in [-0.39, 0.29) is 6.42 Å². The fourth-order valence-electron chi connectivity index (χ4n) is 1.96. The van der Waals surface area contributed by atoms with E-state index in [4.69, 9.17) is 0 Å². The molecule has 0 aliphatic heterocycles. The van der Waals surface area contributed by atoms with E-state index in [9.17, 15) is 19.8 Å². The third kappa shape index (κ3) is 5.65. The van der Waals surface area contributed by atoms with Gasteiger partial charge in [-0.25, -0.2) is 0 Å². The summed E-state index contributed by atoms with van der Waals surface area (Å²) in [6, 6.07) is 0. The van der Waals surface area contributed by atoms with Crippen LogP contribution in [0.25, 0.3) is 0 Å². The molecule has 0 aliphatic rings. The maximum Gasteiger partial charge on any atom is 0.319 e. The number of carboxylic acid groups (broad SMARTS) is 2. The molecule has 0 spiro atoms. The van der Waals surface area contributed by atoms with Gasteiger partial charge >= 0.3 is 11.9 Å². The highest BCUT2D eigenvalue weighted by atomic mass is 32.1. The van der Waals surface area contributed by atoms with Crippen LogP contribution in [0.15, 0.2) is 0 Å². The first-order chi connectivity index (χ1) is 8.72. The largest absolute Gasteiger partial charge is 0.480 e. The highest BCUT2D eigenvalue weighted by Gasteiger charge is 2.45. The second-order valence-corrected chi connectivity index (χ2v) is 6.77. The molecule has 0 aromatic heterocycles. The molecule has 0 radical (unpaired) electrons. The Morgan fingerprint density at radius 3 is 1.42 bits per heavy atom. The van der Waals surface area contributed by atoms with Crippen LogP contribution in [-0.4, -0.2) is 31.6 Å². The van der Waals surface area contributed by atoms with Gasteiger partial charge < -0.3 is 10.2 Å². The van der Waals surface area contributed by atoms with Crippen LogP contribution in [0.1, 0.15) is 58.8 Å². The maximum atomic E-state index is 11.4. The van der Waals surface area contributed by atoms with E-state index >= 15 is 0 Å². The van der Waals surface area contributed by atoms with E-state index in [1.165, 1.54) is 0 Å². The lowest BCUT2D eigenvalue weighted by Crippen LogP contribution is -2.44. The third-order valence-corrected chi connectivity index (χ3v) is 4.41. The molecule has 2 unspecified atom stereocenters. The Balaban J connectivity index is 5.04. The van der Waals surface area contributed by atoms with Crippen molar-refractivity contribution < 1.29 is 19.8 Å². The Morgan fingerprint density at radius 1 is 0.895 bits per heavy atom. The average Bonchev–Trinajstić information content (AvgIpc) is 2.33. The van der Waals surface area contributed by atoms with Gasteiger partial charge in [-0.2, -0.15) is 25.3 Å². The Labute approximate surface area is 125 Å². The van der Waals surface area contributed by atoms with Crippen LogP contribution in [0.4, 0.5) is 0 Å². The Morgan fingerprint density at radius 2 is 1.21 bits per heavy atom. The lowest BCUT2D eigenvalue weighted by atomic mass is 9.86. The minimum absolute atomic E-state index is 0.0725. The summed E-state index contributed by atoms with van der Waals surface area (Å²) in [5.41, 5.74) is 0. The lowest BCUT2D eigenvalue weighted by molar-refractivity contribution is -0.143. The highest BCUT2D eigenvalue weighted by molar-refractivity contribution is 7.83. The Hall–Kier alpha value is -0.360. The topological polar surface area (TPSA) is 74.6 Å². The van der Waals surface area contributed by atoms with Crippen molar-refractivity contribution in [3.05, 3.63) is 0 Å². The number of unbranched alkanes of at least 4 members (excludes halogenated alkanes) is 2. The standard InChI is InChI=1S/C13H24O4S2/c1-3-5-7-12(18,10(14)15)9-13(19,11(16)17)8-6-4-2/h18-19H,3-9H2,1-2H3,(H,14,15)(H,16,17). The molecular weight excluding hydrogens is 284 g/mol. The number of hydrogen-bond donors (Lipinski definition) is 4. The molecule has 0 amide bonds. The van der Waals surface area contributed by atoms with Crippen LogP contribution >= 0.6 is 25.3 Å². The van der Waals surface area contributed by atoms with Crippen molar-refractivity contribution >= 4 is 37.2 Å². The zero-order chi connectivity index (χ0) is 15.1. The molecule has 0 fully saturated rings. The summed E-state index contributed by atoms with van der Waals surface area (Å²) in [5.74, 6) is -2.14. The summed E-state index contributed by atoms with van der Waals surface area (Å²) in [7, 11) is 0. The Kier molecular flexibility index (Phi) is 7.89. The van der Waals surface area contributed by atoms with Gasteiger partial charge in [-0.1, -0.05) is 39.5 Å². The van der Waals surface area contributed by atoms with Gasteiger partial charge in [0.25, 0.3) is 0 Å². The van der Waals surface area contributed by atoms with Gasteiger partial charge in [0.1, 0.15) is 9.49 Å². The normalized spacial score (nSPS) is 17.5. The molecule has 2 N–H and O–H groups in total. The smallest absolute Gasteiger partial charge is 0.319 e. The molecule has 6 heteroatoms. The van der Waals surface area contributed by atoms with Crippen molar-refractivity contribution in [1.82, 2.24) is 0 Å². The van der Waals surface area contributed by atoms with Crippen molar-refractivity contribution in [3.63, 3.8) is 0 Å². The van der Waals surface area contributed by atoms with Gasteiger partial charge in [-0.15, -0.1) is 0 Å². The van der Waals surface area contributed by atoms with Gasteiger partial charge in [-0.3, -0.25) is 9.59 Å². The maximum absolute atomic E-state index is 11.4. The van der Waals surface area contributed by atoms with E-state index in [0.717, 1.165) is 12.8 Å². The lowest BCUT2D eigenvalue weighted by Gasteiger charge is -2.33. The summed E-state index contributed by atoms with van der Waals surface area (Å²) in [6.45, 7) is 3.91. The molecule has 19 heavy (non-hydrogen) atoms. The number of carboxylic acids is 2. The number of aliphatic carboxylic acids is 2. The molecule has 0 heterocycles. The van der Waals surface area contributed by atoms with E-state index in [1.54, 1.807) is 0 Å². The predicted molar refractivity (Wildman–Crippen MR) is 82.4 cm³/mol. The van der Waals surface area contributed by atoms with E-state index in [2.05, 4.69) is 25.3 Å². The molecule has 0 rings (SSSR count). The van der Waals surface area contributed by atoms with Gasteiger partial charge in [0, 0.05) is 0 Å². The SMILES string of the molecule is CCCCC(S)(CC(S)(CCCC)C(=O)O)C(=O)O. The van der Waals surface area contributed by atoms with Crippen molar-refractivity contribution in [1.29, 1.82) is 0 Å². The van der Waals surface area contributed by atoms with Crippen LogP contribution in [0.5, 0.6) is 0 Å². The summed E-state index contributed by atoms with van der Waals surface area (Å²) in [6.07, 6.45) is 3.72. The summed E-state index contributed by atoms with van der Waals surface area (Å²) < 4.78 is -2.66. The molecule has 2 atom stereocenters. The van der Waals surface area contributed by atoms with Gasteiger partial charge in [0.2, 0.25) is 0 Å². The zero-order valence-corrected chi connectivity index (χ0v) is 13.3. The first-order valence-corrected chi connectivity index (χ1v) is 7.53. The van der Waals surface area contributed by atoms with E-state index in [1.807, 2.05) is 13.8 Å². The van der Waals surface area contributed by atoms with E-state index in [0.29, 0.717) is 25.7 Å². The van der Waals surface area contributed by atoms with Crippen LogP contribution in [0, 0.1) is 0 Å². The molecule has 0 saturated heterocycles. The van der Waals surface area contributed by atoms with Gasteiger partial charge in [-0.05, 0) is 19.3 Å². The average molecular weight is 308 g/mol. The molecule has 4 nitrogen and oxygen atoms in total. The highest BCUT2D eigenvalue weighted by Crippen LogP contribution is 2.38. The van der Waals surface area contributed by atoms with Crippen molar-refractivity contribution in [2.45, 2.75) is 68.3 Å². The number of carbonyl (C=O) groups is 2. The van der Waals surface area contributed by atoms with Crippen LogP contribution in [0.3, 0.4) is 0 Å². The first-order valence-electron chi connectivity index (χ1n) is 6.63. The van der Waals surface area contributed by atoms with Crippen LogP contribution < -0.4 is 0 Å². The minimum Gasteiger partial charge on any atom is -0.480 e. The fourth-order valence-corrected chi connectivity index (χ4v) is 2.94. The molecule has 112 valence electrons. The molecular formula is C13H24O4S2. The Bertz CT molecular complexity index is 292. The summed E-state index contributed by atoms with van der Waals surface area (Å²) in [4.78, 5) is 22.8. The monoisotopic (exact) mass is 308 g/mol. The number of hydrogen-bond acceptors (Lipinski definition) is 4. The van der Waals surface area contributed by atoms with Crippen LogP contribution in [-0.2, 0) is 9.59 Å². The second-order valence-electron chi connectivity index (χ2n) is 5.06. The van der Waals surface area contributed by atoms with Crippen LogP contribution in [0.2, 0.25) is 0 Å². The second kappa shape index (κ2) is 8.04. The van der Waals surface area contributed by atoms with Crippen molar-refractivity contribution in [3.8, 4) is 0 Å². The predicted octanol–water partition coefficient (Wildman–Crippen LogP) is 3.26. The molecule has 0 saturated carbocycles. The number of rotatable bonds is 10. The summed E-state index contributed by atoms with van der Waals surface area (Å²) in [5, 5.41) is 18.7. The fraction of sp³-hybridized carbons (Fsp3) is 0.846. The van der Waals surface area contributed by atoms with Gasteiger partial charge in [0.15, 0.2) is 0 Å². The molecule has 0 aromatic rings. The van der Waals surface area contributed by atoms with Crippen molar-refractivity contribution in [2.75, 3.05) is 0 Å². The first kappa shape index (κ1) is 18.6. The van der Waals surface area contributed by atoms with E-state index < -0.39 is 21.4 Å². The molecule has 0 aliphatic carbocycles. The van der Waals surface area contributed by atoms with Gasteiger partial charge in [0.05, 0.1) is 0 Å².